The highest BCUT2D eigenvalue weighted by Gasteiger charge is 2.26. The van der Waals surface area contributed by atoms with Gasteiger partial charge in [-0.05, 0) is 29.9 Å². The fraction of sp³-hybridized carbons (Fsp3) is 0.455. The minimum absolute atomic E-state index is 0.415. The van der Waals surface area contributed by atoms with Crippen LogP contribution in [-0.2, 0) is 4.74 Å². The van der Waals surface area contributed by atoms with Crippen molar-refractivity contribution < 1.29 is 4.74 Å². The molecule has 0 aromatic heterocycles. The molecule has 1 nitrogen and oxygen atoms in total. The van der Waals surface area contributed by atoms with Gasteiger partial charge in [0.25, 0.3) is 0 Å². The maximum atomic E-state index is 5.21. The first-order chi connectivity index (χ1) is 5.93. The summed E-state index contributed by atoms with van der Waals surface area (Å²) in [5.74, 6) is 0.874. The smallest absolute Gasteiger partial charge is 0.106 e. The largest absolute Gasteiger partial charge is 0.368 e. The van der Waals surface area contributed by atoms with Gasteiger partial charge in [0.15, 0.2) is 0 Å². The van der Waals surface area contributed by atoms with Gasteiger partial charge in [-0.15, -0.1) is 0 Å². The number of benzene rings is 1. The minimum Gasteiger partial charge on any atom is -0.368 e. The Morgan fingerprint density at radius 1 is 1.00 bits per heavy atom. The van der Waals surface area contributed by atoms with Gasteiger partial charge in [0.1, 0.15) is 6.10 Å². The van der Waals surface area contributed by atoms with Crippen LogP contribution in [0.3, 0.4) is 0 Å². The number of ether oxygens (including phenoxy) is 1. The van der Waals surface area contributed by atoms with E-state index in [1.807, 2.05) is 0 Å². The highest BCUT2D eigenvalue weighted by molar-refractivity contribution is 5.30. The molecule has 1 heterocycles. The maximum Gasteiger partial charge on any atom is 0.106 e. The van der Waals surface area contributed by atoms with E-state index >= 15 is 0 Å². The van der Waals surface area contributed by atoms with E-state index in [2.05, 4.69) is 24.3 Å². The van der Waals surface area contributed by atoms with E-state index in [0.717, 1.165) is 12.5 Å². The molecule has 0 bridgehead atoms. The third-order valence-corrected chi connectivity index (χ3v) is 2.69. The Morgan fingerprint density at radius 2 is 1.58 bits per heavy atom. The lowest BCUT2D eigenvalue weighted by molar-refractivity contribution is 0.415. The molecular formula is C11H12O. The second-order valence-corrected chi connectivity index (χ2v) is 3.76. The zero-order valence-corrected chi connectivity index (χ0v) is 6.99. The average Bonchev–Trinajstić information content (AvgIpc) is 2.98. The molecule has 0 unspecified atom stereocenters. The van der Waals surface area contributed by atoms with Gasteiger partial charge >= 0.3 is 0 Å². The molecule has 0 spiro atoms. The molecule has 2 fully saturated rings. The zero-order valence-electron chi connectivity index (χ0n) is 6.99. The Labute approximate surface area is 72.4 Å². The number of epoxide rings is 1. The van der Waals surface area contributed by atoms with Crippen LogP contribution >= 0.6 is 0 Å². The van der Waals surface area contributed by atoms with Gasteiger partial charge in [0, 0.05) is 0 Å². The number of hydrogen-bond acceptors (Lipinski definition) is 1. The van der Waals surface area contributed by atoms with Crippen LogP contribution in [0.5, 0.6) is 0 Å². The van der Waals surface area contributed by atoms with Crippen molar-refractivity contribution in [1.82, 2.24) is 0 Å². The Hall–Kier alpha value is -0.820. The zero-order chi connectivity index (χ0) is 7.97. The van der Waals surface area contributed by atoms with E-state index in [-0.39, 0.29) is 0 Å². The van der Waals surface area contributed by atoms with Crippen LogP contribution in [0.15, 0.2) is 24.3 Å². The van der Waals surface area contributed by atoms with Crippen LogP contribution in [0, 0.1) is 0 Å². The molecule has 12 heavy (non-hydrogen) atoms. The molecule has 1 aliphatic heterocycles. The third kappa shape index (κ3) is 1.14. The summed E-state index contributed by atoms with van der Waals surface area (Å²) in [7, 11) is 0. The molecule has 1 saturated carbocycles. The first kappa shape index (κ1) is 6.67. The van der Waals surface area contributed by atoms with Crippen molar-refractivity contribution in [3.8, 4) is 0 Å². The summed E-state index contributed by atoms with van der Waals surface area (Å²) < 4.78 is 5.21. The molecule has 1 atom stereocenters. The highest BCUT2D eigenvalue weighted by Crippen LogP contribution is 2.40. The second-order valence-electron chi connectivity index (χ2n) is 3.76. The van der Waals surface area contributed by atoms with Crippen LogP contribution in [0.4, 0.5) is 0 Å². The van der Waals surface area contributed by atoms with Crippen molar-refractivity contribution in [2.75, 3.05) is 6.61 Å². The lowest BCUT2D eigenvalue weighted by atomic mass is 10.1. The lowest BCUT2D eigenvalue weighted by Crippen LogP contribution is -1.82. The summed E-state index contributed by atoms with van der Waals surface area (Å²) in [4.78, 5) is 0. The molecule has 3 rings (SSSR count). The van der Waals surface area contributed by atoms with Crippen molar-refractivity contribution in [1.29, 1.82) is 0 Å². The van der Waals surface area contributed by atoms with Crippen LogP contribution in [-0.4, -0.2) is 6.61 Å². The first-order valence-corrected chi connectivity index (χ1v) is 4.65. The van der Waals surface area contributed by atoms with Gasteiger partial charge in [0.2, 0.25) is 0 Å². The van der Waals surface area contributed by atoms with E-state index in [9.17, 15) is 0 Å². The van der Waals surface area contributed by atoms with Crippen molar-refractivity contribution >= 4 is 0 Å². The summed E-state index contributed by atoms with van der Waals surface area (Å²) in [6, 6.07) is 8.94. The van der Waals surface area contributed by atoms with E-state index in [0.29, 0.717) is 6.10 Å². The number of hydrogen-bond donors (Lipinski definition) is 0. The molecule has 1 aromatic rings. The Bertz CT molecular complexity index is 249. The minimum atomic E-state index is 0.415. The summed E-state index contributed by atoms with van der Waals surface area (Å²) in [5, 5.41) is 0. The van der Waals surface area contributed by atoms with E-state index < -0.39 is 0 Å². The molecule has 0 N–H and O–H groups in total. The van der Waals surface area contributed by atoms with E-state index in [4.69, 9.17) is 4.74 Å². The van der Waals surface area contributed by atoms with E-state index in [1.165, 1.54) is 24.0 Å². The Morgan fingerprint density at radius 3 is 2.08 bits per heavy atom. The normalized spacial score (nSPS) is 27.2. The Kier molecular flexibility index (Phi) is 1.30. The molecular weight excluding hydrogens is 148 g/mol. The molecule has 62 valence electrons. The SMILES string of the molecule is c1cc([C@H]2CO2)ccc1C1CC1. The monoisotopic (exact) mass is 160 g/mol. The average molecular weight is 160 g/mol. The van der Waals surface area contributed by atoms with Crippen molar-refractivity contribution in [3.63, 3.8) is 0 Å². The molecule has 0 radical (unpaired) electrons. The first-order valence-electron chi connectivity index (χ1n) is 4.65. The molecule has 1 saturated heterocycles. The molecule has 2 aliphatic rings. The fourth-order valence-electron chi connectivity index (χ4n) is 1.64. The van der Waals surface area contributed by atoms with Gasteiger partial charge in [0.05, 0.1) is 6.61 Å². The quantitative estimate of drug-likeness (QED) is 0.606. The summed E-state index contributed by atoms with van der Waals surface area (Å²) >= 11 is 0. The van der Waals surface area contributed by atoms with Crippen LogP contribution < -0.4 is 0 Å². The fourth-order valence-corrected chi connectivity index (χ4v) is 1.64. The standard InChI is InChI=1S/C11H12O/c1-2-8(1)9-3-5-10(6-4-9)11-7-12-11/h3-6,8,11H,1-2,7H2/t11-/m1/s1. The lowest BCUT2D eigenvalue weighted by Gasteiger charge is -1.98. The Balaban J connectivity index is 1.86. The van der Waals surface area contributed by atoms with Crippen LogP contribution in [0.1, 0.15) is 36.0 Å². The van der Waals surface area contributed by atoms with Crippen molar-refractivity contribution in [3.05, 3.63) is 35.4 Å². The van der Waals surface area contributed by atoms with Gasteiger partial charge in [-0.2, -0.15) is 0 Å². The molecule has 0 amide bonds. The molecule has 1 aromatic carbocycles. The summed E-state index contributed by atoms with van der Waals surface area (Å²) in [6.07, 6.45) is 3.19. The second kappa shape index (κ2) is 2.33. The van der Waals surface area contributed by atoms with Gasteiger partial charge in [-0.1, -0.05) is 24.3 Å². The molecule has 1 heteroatoms. The van der Waals surface area contributed by atoms with Crippen LogP contribution in [0.2, 0.25) is 0 Å². The number of rotatable bonds is 2. The van der Waals surface area contributed by atoms with Crippen molar-refractivity contribution in [2.24, 2.45) is 0 Å². The maximum absolute atomic E-state index is 5.21. The topological polar surface area (TPSA) is 12.5 Å². The third-order valence-electron chi connectivity index (χ3n) is 2.69. The van der Waals surface area contributed by atoms with Crippen molar-refractivity contribution in [2.45, 2.75) is 24.9 Å². The predicted octanol–water partition coefficient (Wildman–Crippen LogP) is 2.64. The van der Waals surface area contributed by atoms with Gasteiger partial charge in [-0.25, -0.2) is 0 Å². The van der Waals surface area contributed by atoms with Gasteiger partial charge < -0.3 is 4.74 Å². The van der Waals surface area contributed by atoms with Crippen LogP contribution in [0.25, 0.3) is 0 Å². The summed E-state index contributed by atoms with van der Waals surface area (Å²) in [6.45, 7) is 0.919. The highest BCUT2D eigenvalue weighted by atomic mass is 16.6. The molecule has 1 aliphatic carbocycles. The van der Waals surface area contributed by atoms with Gasteiger partial charge in [-0.3, -0.25) is 0 Å². The predicted molar refractivity (Wildman–Crippen MR) is 47.1 cm³/mol. The summed E-state index contributed by atoms with van der Waals surface area (Å²) in [5.41, 5.74) is 2.86. The van der Waals surface area contributed by atoms with E-state index in [1.54, 1.807) is 0 Å².